The maximum Gasteiger partial charge on any atom is 0.239 e. The molecule has 32 heavy (non-hydrogen) atoms. The Morgan fingerprint density at radius 1 is 0.750 bits per heavy atom. The minimum atomic E-state index is -0.286. The van der Waals surface area contributed by atoms with Crippen LogP contribution in [0.15, 0.2) is 91.1 Å². The number of benzene rings is 4. The molecule has 0 N–H and O–H groups in total. The third-order valence-corrected chi connectivity index (χ3v) is 5.75. The summed E-state index contributed by atoms with van der Waals surface area (Å²) >= 11 is 0. The van der Waals surface area contributed by atoms with Crippen molar-refractivity contribution in [1.29, 1.82) is 0 Å². The standard InChI is InChI=1S/C28H21F2N2/c1-18-16-22(30)14-15-23(18)28-27(25-9-5-7-19-6-3-4-8-24(19)25)31-26(17-32(28)2)20-10-12-21(29)13-11-20/h3-17H,1-2H3/q+1. The van der Waals surface area contributed by atoms with Gasteiger partial charge in [0, 0.05) is 11.1 Å². The molecule has 0 bridgehead atoms. The van der Waals surface area contributed by atoms with Crippen molar-refractivity contribution >= 4 is 10.8 Å². The van der Waals surface area contributed by atoms with Crippen LogP contribution in [-0.4, -0.2) is 4.98 Å². The molecule has 2 nitrogen and oxygen atoms in total. The topological polar surface area (TPSA) is 16.8 Å². The summed E-state index contributed by atoms with van der Waals surface area (Å²) < 4.78 is 29.4. The lowest BCUT2D eigenvalue weighted by Gasteiger charge is -2.13. The Morgan fingerprint density at radius 3 is 2.25 bits per heavy atom. The molecule has 0 amide bonds. The third kappa shape index (κ3) is 3.54. The molecule has 1 aromatic heterocycles. The van der Waals surface area contributed by atoms with Crippen LogP contribution in [0, 0.1) is 18.6 Å². The van der Waals surface area contributed by atoms with E-state index in [0.29, 0.717) is 0 Å². The molecule has 0 saturated heterocycles. The van der Waals surface area contributed by atoms with Crippen LogP contribution < -0.4 is 4.57 Å². The van der Waals surface area contributed by atoms with E-state index in [9.17, 15) is 8.78 Å². The van der Waals surface area contributed by atoms with Gasteiger partial charge in [-0.25, -0.2) is 13.8 Å². The highest BCUT2D eigenvalue weighted by molar-refractivity contribution is 5.98. The summed E-state index contributed by atoms with van der Waals surface area (Å²) in [6.07, 6.45) is 1.93. The van der Waals surface area contributed by atoms with Crippen molar-refractivity contribution in [1.82, 2.24) is 4.98 Å². The molecule has 156 valence electrons. The third-order valence-electron chi connectivity index (χ3n) is 5.75. The SMILES string of the molecule is Cc1cc(F)ccc1-c1c(-c2cccc3ccccc23)nc(-c2ccc(F)cc2)c[n+]1C. The van der Waals surface area contributed by atoms with Crippen molar-refractivity contribution in [3.8, 4) is 33.8 Å². The number of hydrogen-bond acceptors (Lipinski definition) is 1. The molecule has 0 atom stereocenters. The number of aromatic nitrogens is 2. The monoisotopic (exact) mass is 423 g/mol. The van der Waals surface area contributed by atoms with Crippen LogP contribution in [0.1, 0.15) is 5.56 Å². The van der Waals surface area contributed by atoms with Gasteiger partial charge in [0.15, 0.2) is 6.20 Å². The lowest BCUT2D eigenvalue weighted by atomic mass is 9.96. The van der Waals surface area contributed by atoms with Gasteiger partial charge >= 0.3 is 0 Å². The Morgan fingerprint density at radius 2 is 1.47 bits per heavy atom. The summed E-state index contributed by atoms with van der Waals surface area (Å²) in [5, 5.41) is 2.20. The zero-order valence-corrected chi connectivity index (χ0v) is 17.8. The molecular formula is C28H21F2N2+. The fourth-order valence-electron chi connectivity index (χ4n) is 4.21. The van der Waals surface area contributed by atoms with Gasteiger partial charge in [0.25, 0.3) is 0 Å². The fourth-order valence-corrected chi connectivity index (χ4v) is 4.21. The van der Waals surface area contributed by atoms with Crippen molar-refractivity contribution < 1.29 is 13.3 Å². The molecule has 1 heterocycles. The summed E-state index contributed by atoms with van der Waals surface area (Å²) in [5.41, 5.74) is 5.98. The van der Waals surface area contributed by atoms with E-state index >= 15 is 0 Å². The molecule has 4 heteroatoms. The Hall–Kier alpha value is -3.92. The summed E-state index contributed by atoms with van der Waals surface area (Å²) in [6, 6.07) is 25.5. The smallest absolute Gasteiger partial charge is 0.234 e. The van der Waals surface area contributed by atoms with Crippen molar-refractivity contribution in [3.05, 3.63) is 108 Å². The van der Waals surface area contributed by atoms with Gasteiger partial charge in [0.1, 0.15) is 30.1 Å². The van der Waals surface area contributed by atoms with E-state index in [1.807, 2.05) is 42.9 Å². The van der Waals surface area contributed by atoms with Gasteiger partial charge in [-0.3, -0.25) is 0 Å². The van der Waals surface area contributed by atoms with Gasteiger partial charge in [-0.1, -0.05) is 42.5 Å². The molecule has 0 spiro atoms. The lowest BCUT2D eigenvalue weighted by Crippen LogP contribution is -2.32. The molecule has 0 fully saturated rings. The normalized spacial score (nSPS) is 11.1. The van der Waals surface area contributed by atoms with E-state index in [4.69, 9.17) is 4.98 Å². The fraction of sp³-hybridized carbons (Fsp3) is 0.0714. The van der Waals surface area contributed by atoms with Crippen molar-refractivity contribution in [2.24, 2.45) is 7.05 Å². The molecule has 4 aromatic carbocycles. The van der Waals surface area contributed by atoms with Crippen LogP contribution in [0.5, 0.6) is 0 Å². The van der Waals surface area contributed by atoms with Gasteiger partial charge < -0.3 is 0 Å². The largest absolute Gasteiger partial charge is 0.239 e. The van der Waals surface area contributed by atoms with Crippen LogP contribution >= 0.6 is 0 Å². The summed E-state index contributed by atoms with van der Waals surface area (Å²) in [6.45, 7) is 1.90. The van der Waals surface area contributed by atoms with Gasteiger partial charge in [0.05, 0.1) is 5.56 Å². The molecule has 5 aromatic rings. The molecule has 0 saturated carbocycles. The number of fused-ring (bicyclic) bond motifs is 1. The van der Waals surface area contributed by atoms with Crippen molar-refractivity contribution in [2.75, 3.05) is 0 Å². The first-order valence-electron chi connectivity index (χ1n) is 10.4. The Bertz CT molecular complexity index is 1450. The van der Waals surface area contributed by atoms with E-state index in [1.165, 1.54) is 24.3 Å². The molecule has 5 rings (SSSR count). The number of aryl methyl sites for hydroxylation is 2. The predicted octanol–water partition coefficient (Wildman–Crippen LogP) is 6.65. The summed E-state index contributed by atoms with van der Waals surface area (Å²) in [4.78, 5) is 5.06. The molecule has 0 radical (unpaired) electrons. The number of hydrogen-bond donors (Lipinski definition) is 0. The highest BCUT2D eigenvalue weighted by atomic mass is 19.1. The van der Waals surface area contributed by atoms with E-state index in [2.05, 4.69) is 24.3 Å². The maximum absolute atomic E-state index is 13.9. The summed E-state index contributed by atoms with van der Waals surface area (Å²) in [7, 11) is 1.96. The van der Waals surface area contributed by atoms with E-state index in [0.717, 1.165) is 50.1 Å². The first kappa shape index (κ1) is 20.0. The number of halogens is 2. The average Bonchev–Trinajstić information content (AvgIpc) is 2.79. The van der Waals surface area contributed by atoms with Gasteiger partial charge in [-0.05, 0) is 65.7 Å². The predicted molar refractivity (Wildman–Crippen MR) is 124 cm³/mol. The van der Waals surface area contributed by atoms with Crippen molar-refractivity contribution in [3.63, 3.8) is 0 Å². The van der Waals surface area contributed by atoms with E-state index in [1.54, 1.807) is 18.2 Å². The first-order valence-corrected chi connectivity index (χ1v) is 10.4. The zero-order chi connectivity index (χ0) is 22.2. The number of nitrogens with zero attached hydrogens (tertiary/aromatic N) is 2. The zero-order valence-electron chi connectivity index (χ0n) is 17.8. The quantitative estimate of drug-likeness (QED) is 0.297. The van der Waals surface area contributed by atoms with Crippen molar-refractivity contribution in [2.45, 2.75) is 6.92 Å². The Balaban J connectivity index is 1.85. The second-order valence-electron chi connectivity index (χ2n) is 7.93. The Kier molecular flexibility index (Phi) is 4.98. The average molecular weight is 423 g/mol. The van der Waals surface area contributed by atoms with Crippen LogP contribution in [0.2, 0.25) is 0 Å². The van der Waals surface area contributed by atoms with Gasteiger partial charge in [0.2, 0.25) is 5.69 Å². The first-order chi connectivity index (χ1) is 15.5. The molecule has 0 unspecified atom stereocenters. The molecular weight excluding hydrogens is 402 g/mol. The minimum absolute atomic E-state index is 0.267. The second-order valence-corrected chi connectivity index (χ2v) is 7.93. The molecule has 0 aliphatic heterocycles. The van der Waals surface area contributed by atoms with Crippen LogP contribution in [0.4, 0.5) is 8.78 Å². The molecule has 0 aliphatic rings. The number of rotatable bonds is 3. The summed E-state index contributed by atoms with van der Waals surface area (Å²) in [5.74, 6) is -0.553. The maximum atomic E-state index is 13.9. The van der Waals surface area contributed by atoms with Gasteiger partial charge in [-0.2, -0.15) is 4.57 Å². The van der Waals surface area contributed by atoms with Gasteiger partial charge in [-0.15, -0.1) is 0 Å². The Labute approximate surface area is 185 Å². The second kappa shape index (κ2) is 7.97. The van der Waals surface area contributed by atoms with Crippen LogP contribution in [0.25, 0.3) is 44.5 Å². The highest BCUT2D eigenvalue weighted by Crippen LogP contribution is 2.35. The van der Waals surface area contributed by atoms with Crippen LogP contribution in [-0.2, 0) is 7.05 Å². The molecule has 0 aliphatic carbocycles. The minimum Gasteiger partial charge on any atom is -0.234 e. The van der Waals surface area contributed by atoms with E-state index in [-0.39, 0.29) is 11.6 Å². The van der Waals surface area contributed by atoms with Crippen LogP contribution in [0.3, 0.4) is 0 Å². The highest BCUT2D eigenvalue weighted by Gasteiger charge is 2.24. The lowest BCUT2D eigenvalue weighted by molar-refractivity contribution is -0.659. The van der Waals surface area contributed by atoms with E-state index < -0.39 is 0 Å².